The molecule has 1 saturated carbocycles. The Labute approximate surface area is 243 Å². The molecule has 9 nitrogen and oxygen atoms in total. The predicted octanol–water partition coefficient (Wildman–Crippen LogP) is 6.43. The molecule has 220 valence electrons. The molecule has 1 aliphatic carbocycles. The minimum absolute atomic E-state index is 0.188. The van der Waals surface area contributed by atoms with Crippen molar-refractivity contribution in [3.05, 3.63) is 72.0 Å². The Morgan fingerprint density at radius 2 is 1.71 bits per heavy atom. The SMILES string of the molecule is CNC(=O)Oc1c(-c2ccc(Oc3ccc(F)cc3)cc2)oc2cc(N(CC3(C)COC3)S(C)(=O)=O)c(C3CC3)cc12. The number of furan rings is 1. The van der Waals surface area contributed by atoms with Gasteiger partial charge in [0.2, 0.25) is 10.0 Å². The molecule has 2 aliphatic rings. The van der Waals surface area contributed by atoms with Crippen LogP contribution in [0.5, 0.6) is 17.2 Å². The lowest BCUT2D eigenvalue weighted by atomic mass is 9.88. The van der Waals surface area contributed by atoms with E-state index in [-0.39, 0.29) is 29.4 Å². The number of halogens is 1. The molecule has 1 aliphatic heterocycles. The molecule has 6 rings (SSSR count). The second-order valence-electron chi connectivity index (χ2n) is 11.2. The van der Waals surface area contributed by atoms with E-state index in [4.69, 9.17) is 18.6 Å². The minimum atomic E-state index is -3.63. The summed E-state index contributed by atoms with van der Waals surface area (Å²) in [7, 11) is -2.16. The molecule has 42 heavy (non-hydrogen) atoms. The van der Waals surface area contributed by atoms with Crippen LogP contribution in [0.25, 0.3) is 22.3 Å². The molecule has 0 unspecified atom stereocenters. The molecule has 1 N–H and O–H groups in total. The van der Waals surface area contributed by atoms with Crippen LogP contribution in [0.3, 0.4) is 0 Å². The van der Waals surface area contributed by atoms with E-state index in [0.29, 0.717) is 52.7 Å². The first-order chi connectivity index (χ1) is 20.0. The van der Waals surface area contributed by atoms with Crippen LogP contribution in [0.15, 0.2) is 65.1 Å². The average Bonchev–Trinajstić information content (AvgIpc) is 3.73. The Morgan fingerprint density at radius 1 is 1.07 bits per heavy atom. The molecule has 0 atom stereocenters. The first kappa shape index (κ1) is 28.0. The van der Waals surface area contributed by atoms with Crippen LogP contribution in [0.2, 0.25) is 0 Å². The molecule has 2 heterocycles. The van der Waals surface area contributed by atoms with Gasteiger partial charge in [-0.15, -0.1) is 0 Å². The summed E-state index contributed by atoms with van der Waals surface area (Å²) in [4.78, 5) is 12.4. The van der Waals surface area contributed by atoms with Crippen molar-refractivity contribution in [3.8, 4) is 28.6 Å². The Kier molecular flexibility index (Phi) is 7.10. The maximum Gasteiger partial charge on any atom is 0.412 e. The number of carbonyl (C=O) groups is 1. The Hall–Kier alpha value is -4.09. The fraction of sp³-hybridized carbons (Fsp3) is 0.323. The Bertz CT molecular complexity index is 1740. The number of nitrogens with one attached hydrogen (secondary N) is 1. The molecule has 3 aromatic carbocycles. The van der Waals surface area contributed by atoms with E-state index in [2.05, 4.69) is 5.32 Å². The molecule has 0 bridgehead atoms. The van der Waals surface area contributed by atoms with Gasteiger partial charge in [0.15, 0.2) is 11.5 Å². The van der Waals surface area contributed by atoms with Gasteiger partial charge in [0.05, 0.1) is 30.5 Å². The average molecular weight is 595 g/mol. The summed E-state index contributed by atoms with van der Waals surface area (Å²) in [5, 5.41) is 3.04. The van der Waals surface area contributed by atoms with Gasteiger partial charge >= 0.3 is 6.09 Å². The topological polar surface area (TPSA) is 107 Å². The predicted molar refractivity (Wildman–Crippen MR) is 156 cm³/mol. The summed E-state index contributed by atoms with van der Waals surface area (Å²) in [6.07, 6.45) is 2.41. The molecule has 1 aromatic heterocycles. The van der Waals surface area contributed by atoms with Crippen molar-refractivity contribution in [2.45, 2.75) is 25.7 Å². The van der Waals surface area contributed by atoms with Gasteiger partial charge < -0.3 is 23.9 Å². The standard InChI is InChI=1S/C31H31FN2O7S/c1-31(17-38-18-31)16-34(42(3,36)37)26-15-27-25(14-24(26)19-4-5-19)29(41-30(35)33-2)28(40-27)20-6-10-22(11-7-20)39-23-12-8-21(32)9-13-23/h6-15,19H,4-5,16-18H2,1-3H3,(H,33,35). The molecule has 2 fully saturated rings. The highest BCUT2D eigenvalue weighted by molar-refractivity contribution is 7.92. The van der Waals surface area contributed by atoms with Gasteiger partial charge in [0.25, 0.3) is 0 Å². The third kappa shape index (κ3) is 5.66. The smallest absolute Gasteiger partial charge is 0.412 e. The number of rotatable bonds is 9. The van der Waals surface area contributed by atoms with Crippen molar-refractivity contribution in [1.82, 2.24) is 5.32 Å². The van der Waals surface area contributed by atoms with Crippen molar-refractivity contribution < 1.29 is 36.2 Å². The normalized spacial score (nSPS) is 16.1. The van der Waals surface area contributed by atoms with Gasteiger partial charge in [-0.05, 0) is 78.9 Å². The lowest BCUT2D eigenvalue weighted by Gasteiger charge is -2.42. The van der Waals surface area contributed by atoms with Crippen molar-refractivity contribution in [2.75, 3.05) is 37.4 Å². The zero-order valence-electron chi connectivity index (χ0n) is 23.5. The third-order valence-electron chi connectivity index (χ3n) is 7.47. The van der Waals surface area contributed by atoms with Gasteiger partial charge in [-0.1, -0.05) is 6.92 Å². The Morgan fingerprint density at radius 3 is 2.26 bits per heavy atom. The second-order valence-corrected chi connectivity index (χ2v) is 13.1. The maximum absolute atomic E-state index is 13.3. The van der Waals surface area contributed by atoms with Crippen LogP contribution >= 0.6 is 0 Å². The number of hydrogen-bond donors (Lipinski definition) is 1. The summed E-state index contributed by atoms with van der Waals surface area (Å²) >= 11 is 0. The first-order valence-electron chi connectivity index (χ1n) is 13.6. The van der Waals surface area contributed by atoms with Crippen molar-refractivity contribution in [1.29, 1.82) is 0 Å². The monoisotopic (exact) mass is 594 g/mol. The van der Waals surface area contributed by atoms with Gasteiger partial charge in [0, 0.05) is 30.6 Å². The van der Waals surface area contributed by atoms with Crippen LogP contribution in [0.1, 0.15) is 31.2 Å². The highest BCUT2D eigenvalue weighted by Crippen LogP contribution is 2.50. The van der Waals surface area contributed by atoms with E-state index in [1.807, 2.05) is 13.0 Å². The molecule has 1 amide bonds. The van der Waals surface area contributed by atoms with E-state index >= 15 is 0 Å². The fourth-order valence-electron chi connectivity index (χ4n) is 5.08. The lowest BCUT2D eigenvalue weighted by molar-refractivity contribution is -0.0940. The van der Waals surface area contributed by atoms with Crippen molar-refractivity contribution in [3.63, 3.8) is 0 Å². The summed E-state index contributed by atoms with van der Waals surface area (Å²) < 4.78 is 64.1. The summed E-state index contributed by atoms with van der Waals surface area (Å²) in [5.41, 5.74) is 2.14. The number of hydrogen-bond acceptors (Lipinski definition) is 7. The van der Waals surface area contributed by atoms with Crippen LogP contribution in [0.4, 0.5) is 14.9 Å². The number of amides is 1. The highest BCUT2D eigenvalue weighted by Gasteiger charge is 2.40. The Balaban J connectivity index is 1.43. The number of fused-ring (bicyclic) bond motifs is 1. The molecule has 0 radical (unpaired) electrons. The van der Waals surface area contributed by atoms with Crippen LogP contribution in [-0.2, 0) is 14.8 Å². The number of benzene rings is 3. The maximum atomic E-state index is 13.3. The summed E-state index contributed by atoms with van der Waals surface area (Å²) in [5.74, 6) is 1.37. The molecule has 0 spiro atoms. The number of sulfonamides is 1. The lowest BCUT2D eigenvalue weighted by Crippen LogP contribution is -2.50. The zero-order valence-corrected chi connectivity index (χ0v) is 24.3. The second kappa shape index (κ2) is 10.6. The number of nitrogens with zero attached hydrogens (tertiary/aromatic N) is 1. The first-order valence-corrected chi connectivity index (χ1v) is 15.5. The molecule has 11 heteroatoms. The van der Waals surface area contributed by atoms with E-state index in [0.717, 1.165) is 18.4 Å². The zero-order chi connectivity index (χ0) is 29.6. The van der Waals surface area contributed by atoms with E-state index in [1.165, 1.54) is 41.9 Å². The molecular formula is C31H31FN2O7S. The molecular weight excluding hydrogens is 563 g/mol. The third-order valence-corrected chi connectivity index (χ3v) is 8.60. The van der Waals surface area contributed by atoms with Crippen LogP contribution < -0.4 is 19.1 Å². The highest BCUT2D eigenvalue weighted by atomic mass is 32.2. The molecule has 1 saturated heterocycles. The molecule has 4 aromatic rings. The van der Waals surface area contributed by atoms with Gasteiger partial charge in [-0.25, -0.2) is 17.6 Å². The number of ether oxygens (including phenoxy) is 3. The van der Waals surface area contributed by atoms with Gasteiger partial charge in [0.1, 0.15) is 22.9 Å². The van der Waals surface area contributed by atoms with Gasteiger partial charge in [-0.3, -0.25) is 4.31 Å². The van der Waals surface area contributed by atoms with Crippen molar-refractivity contribution >= 4 is 32.8 Å². The summed E-state index contributed by atoms with van der Waals surface area (Å²) in [6, 6.07) is 16.3. The largest absolute Gasteiger partial charge is 0.457 e. The summed E-state index contributed by atoms with van der Waals surface area (Å²) in [6.45, 7) is 3.25. The number of carbonyl (C=O) groups excluding carboxylic acids is 1. The quantitative estimate of drug-likeness (QED) is 0.238. The van der Waals surface area contributed by atoms with E-state index in [9.17, 15) is 17.6 Å². The number of anilines is 1. The van der Waals surface area contributed by atoms with Crippen LogP contribution in [0, 0.1) is 11.2 Å². The fourth-order valence-corrected chi connectivity index (χ4v) is 6.14. The van der Waals surface area contributed by atoms with Crippen molar-refractivity contribution in [2.24, 2.45) is 5.41 Å². The minimum Gasteiger partial charge on any atom is -0.457 e. The van der Waals surface area contributed by atoms with Crippen LogP contribution in [-0.4, -0.2) is 47.6 Å². The van der Waals surface area contributed by atoms with E-state index in [1.54, 1.807) is 30.3 Å². The van der Waals surface area contributed by atoms with Gasteiger partial charge in [-0.2, -0.15) is 0 Å². The van der Waals surface area contributed by atoms with E-state index < -0.39 is 16.1 Å².